The van der Waals surface area contributed by atoms with Crippen molar-refractivity contribution >= 4 is 5.91 Å². The highest BCUT2D eigenvalue weighted by atomic mass is 16.2. The Labute approximate surface area is 95.2 Å². The molecule has 0 aliphatic carbocycles. The maximum Gasteiger partial charge on any atom is 0.226 e. The third-order valence-electron chi connectivity index (χ3n) is 3.25. The zero-order valence-electron chi connectivity index (χ0n) is 9.95. The van der Waals surface area contributed by atoms with Gasteiger partial charge in [0.15, 0.2) is 0 Å². The average Bonchev–Trinajstić information content (AvgIpc) is 2.44. The first-order valence-electron chi connectivity index (χ1n) is 5.59. The summed E-state index contributed by atoms with van der Waals surface area (Å²) in [6, 6.07) is 0.0294. The van der Waals surface area contributed by atoms with Crippen molar-refractivity contribution in [1.82, 2.24) is 20.4 Å². The third kappa shape index (κ3) is 1.95. The molecule has 2 rings (SSSR count). The van der Waals surface area contributed by atoms with Crippen molar-refractivity contribution in [1.29, 1.82) is 0 Å². The van der Waals surface area contributed by atoms with Crippen LogP contribution >= 0.6 is 0 Å². The highest BCUT2D eigenvalue weighted by Gasteiger charge is 2.26. The number of amides is 1. The zero-order valence-corrected chi connectivity index (χ0v) is 9.95. The van der Waals surface area contributed by atoms with Crippen LogP contribution in [0.3, 0.4) is 0 Å². The molecule has 2 N–H and O–H groups in total. The molecule has 2 heterocycles. The lowest BCUT2D eigenvalue weighted by Gasteiger charge is -2.27. The SMILES string of the molecule is Cc1c(C(C)NC(=O)C2CNC2)cnn1C. The lowest BCUT2D eigenvalue weighted by molar-refractivity contribution is -0.127. The van der Waals surface area contributed by atoms with Crippen molar-refractivity contribution in [2.24, 2.45) is 13.0 Å². The average molecular weight is 222 g/mol. The summed E-state index contributed by atoms with van der Waals surface area (Å²) in [6.07, 6.45) is 1.82. The molecule has 1 amide bonds. The molecule has 0 spiro atoms. The first-order chi connectivity index (χ1) is 7.59. The molecule has 5 nitrogen and oxygen atoms in total. The number of aromatic nitrogens is 2. The molecule has 1 fully saturated rings. The number of aryl methyl sites for hydroxylation is 1. The molecule has 0 bridgehead atoms. The number of hydrogen-bond donors (Lipinski definition) is 2. The summed E-state index contributed by atoms with van der Waals surface area (Å²) in [5.41, 5.74) is 2.18. The number of hydrogen-bond acceptors (Lipinski definition) is 3. The van der Waals surface area contributed by atoms with E-state index in [1.54, 1.807) is 0 Å². The molecule has 16 heavy (non-hydrogen) atoms. The Balaban J connectivity index is 1.99. The van der Waals surface area contributed by atoms with Gasteiger partial charge in [-0.3, -0.25) is 9.48 Å². The normalized spacial score (nSPS) is 17.9. The molecular weight excluding hydrogens is 204 g/mol. The molecule has 0 aromatic carbocycles. The van der Waals surface area contributed by atoms with Gasteiger partial charge in [0.05, 0.1) is 18.2 Å². The number of nitrogens with zero attached hydrogens (tertiary/aromatic N) is 2. The molecule has 0 radical (unpaired) electrons. The van der Waals surface area contributed by atoms with E-state index in [-0.39, 0.29) is 17.9 Å². The van der Waals surface area contributed by atoms with E-state index < -0.39 is 0 Å². The number of carbonyl (C=O) groups excluding carboxylic acids is 1. The molecule has 1 saturated heterocycles. The van der Waals surface area contributed by atoms with Crippen LogP contribution in [-0.2, 0) is 11.8 Å². The van der Waals surface area contributed by atoms with Crippen LogP contribution in [0.4, 0.5) is 0 Å². The lowest BCUT2D eigenvalue weighted by Crippen LogP contribution is -2.51. The summed E-state index contributed by atoms with van der Waals surface area (Å²) in [5.74, 6) is 0.272. The van der Waals surface area contributed by atoms with Gasteiger partial charge in [-0.1, -0.05) is 0 Å². The molecule has 1 unspecified atom stereocenters. The fourth-order valence-electron chi connectivity index (χ4n) is 1.82. The van der Waals surface area contributed by atoms with Gasteiger partial charge in [-0.25, -0.2) is 0 Å². The molecule has 1 atom stereocenters. The standard InChI is InChI=1S/C11H18N4O/c1-7(10-6-13-15(3)8(10)2)14-11(16)9-4-12-5-9/h6-7,9,12H,4-5H2,1-3H3,(H,14,16). The Hall–Kier alpha value is -1.36. The van der Waals surface area contributed by atoms with Crippen LogP contribution in [0, 0.1) is 12.8 Å². The number of nitrogens with one attached hydrogen (secondary N) is 2. The maximum atomic E-state index is 11.7. The first-order valence-corrected chi connectivity index (χ1v) is 5.59. The smallest absolute Gasteiger partial charge is 0.226 e. The minimum atomic E-state index is 0.0294. The quantitative estimate of drug-likeness (QED) is 0.764. The fourth-order valence-corrected chi connectivity index (χ4v) is 1.82. The van der Waals surface area contributed by atoms with E-state index in [1.165, 1.54) is 0 Å². The van der Waals surface area contributed by atoms with Crippen LogP contribution in [-0.4, -0.2) is 28.8 Å². The van der Waals surface area contributed by atoms with Gasteiger partial charge < -0.3 is 10.6 Å². The summed E-state index contributed by atoms with van der Waals surface area (Å²) in [6.45, 7) is 5.60. The second-order valence-electron chi connectivity index (χ2n) is 4.39. The highest BCUT2D eigenvalue weighted by molar-refractivity contribution is 5.80. The van der Waals surface area contributed by atoms with E-state index in [0.717, 1.165) is 24.3 Å². The fraction of sp³-hybridized carbons (Fsp3) is 0.636. The summed E-state index contributed by atoms with van der Waals surface area (Å²) < 4.78 is 1.82. The van der Waals surface area contributed by atoms with Crippen LogP contribution in [0.5, 0.6) is 0 Å². The van der Waals surface area contributed by atoms with Gasteiger partial charge in [-0.2, -0.15) is 5.10 Å². The monoisotopic (exact) mass is 222 g/mol. The molecule has 0 saturated carbocycles. The molecule has 1 aromatic rings. The first kappa shape index (κ1) is 11.1. The Morgan fingerprint density at radius 2 is 2.38 bits per heavy atom. The third-order valence-corrected chi connectivity index (χ3v) is 3.25. The molecule has 88 valence electrons. The lowest BCUT2D eigenvalue weighted by atomic mass is 10.0. The Kier molecular flexibility index (Phi) is 2.96. The highest BCUT2D eigenvalue weighted by Crippen LogP contribution is 2.17. The molecule has 1 aliphatic rings. The summed E-state index contributed by atoms with van der Waals surface area (Å²) in [5, 5.41) is 10.3. The van der Waals surface area contributed by atoms with Crippen LogP contribution in [0.2, 0.25) is 0 Å². The van der Waals surface area contributed by atoms with Gasteiger partial charge in [-0.05, 0) is 13.8 Å². The summed E-state index contributed by atoms with van der Waals surface area (Å²) >= 11 is 0. The van der Waals surface area contributed by atoms with E-state index in [0.29, 0.717) is 0 Å². The van der Waals surface area contributed by atoms with Crippen LogP contribution in [0.1, 0.15) is 24.2 Å². The van der Waals surface area contributed by atoms with Gasteiger partial charge >= 0.3 is 0 Å². The molecule has 1 aromatic heterocycles. The Bertz CT molecular complexity index is 395. The van der Waals surface area contributed by atoms with Gasteiger partial charge in [0, 0.05) is 31.4 Å². The van der Waals surface area contributed by atoms with E-state index in [2.05, 4.69) is 15.7 Å². The second-order valence-corrected chi connectivity index (χ2v) is 4.39. The van der Waals surface area contributed by atoms with Gasteiger partial charge in [0.25, 0.3) is 0 Å². The van der Waals surface area contributed by atoms with E-state index in [4.69, 9.17) is 0 Å². The minimum absolute atomic E-state index is 0.0294. The van der Waals surface area contributed by atoms with Crippen molar-refractivity contribution in [2.75, 3.05) is 13.1 Å². The van der Waals surface area contributed by atoms with Crippen LogP contribution < -0.4 is 10.6 Å². The van der Waals surface area contributed by atoms with Crippen molar-refractivity contribution in [3.8, 4) is 0 Å². The summed E-state index contributed by atoms with van der Waals surface area (Å²) in [7, 11) is 1.91. The minimum Gasteiger partial charge on any atom is -0.349 e. The van der Waals surface area contributed by atoms with Gasteiger partial charge in [0.1, 0.15) is 0 Å². The summed E-state index contributed by atoms with van der Waals surface area (Å²) in [4.78, 5) is 11.7. The van der Waals surface area contributed by atoms with E-state index >= 15 is 0 Å². The number of rotatable bonds is 3. The predicted octanol–water partition coefficient (Wildman–Crippen LogP) is 0.125. The molecule has 5 heteroatoms. The topological polar surface area (TPSA) is 59.0 Å². The van der Waals surface area contributed by atoms with Crippen LogP contribution in [0.25, 0.3) is 0 Å². The van der Waals surface area contributed by atoms with Crippen molar-refractivity contribution < 1.29 is 4.79 Å². The van der Waals surface area contributed by atoms with Gasteiger partial charge in [0.2, 0.25) is 5.91 Å². The largest absolute Gasteiger partial charge is 0.349 e. The second kappa shape index (κ2) is 4.25. The zero-order chi connectivity index (χ0) is 11.7. The maximum absolute atomic E-state index is 11.7. The van der Waals surface area contributed by atoms with Crippen molar-refractivity contribution in [3.05, 3.63) is 17.5 Å². The predicted molar refractivity (Wildman–Crippen MR) is 60.9 cm³/mol. The van der Waals surface area contributed by atoms with E-state index in [1.807, 2.05) is 31.8 Å². The van der Waals surface area contributed by atoms with E-state index in [9.17, 15) is 4.79 Å². The molecular formula is C11H18N4O. The number of carbonyl (C=O) groups is 1. The Morgan fingerprint density at radius 3 is 2.81 bits per heavy atom. The van der Waals surface area contributed by atoms with Crippen LogP contribution in [0.15, 0.2) is 6.20 Å². The molecule has 1 aliphatic heterocycles. The van der Waals surface area contributed by atoms with Crippen molar-refractivity contribution in [2.45, 2.75) is 19.9 Å². The van der Waals surface area contributed by atoms with Crippen molar-refractivity contribution in [3.63, 3.8) is 0 Å². The Morgan fingerprint density at radius 1 is 1.69 bits per heavy atom. The van der Waals surface area contributed by atoms with Gasteiger partial charge in [-0.15, -0.1) is 0 Å².